The van der Waals surface area contributed by atoms with Crippen molar-refractivity contribution in [1.82, 2.24) is 4.90 Å². The maximum Gasteiger partial charge on any atom is 0.256 e. The number of nitrogens with two attached hydrogens (primary N) is 1. The van der Waals surface area contributed by atoms with Crippen LogP contribution in [0.25, 0.3) is 0 Å². The summed E-state index contributed by atoms with van der Waals surface area (Å²) < 4.78 is 0. The first kappa shape index (κ1) is 14.7. The first-order valence-electron chi connectivity index (χ1n) is 7.39. The molecule has 110 valence electrons. The van der Waals surface area contributed by atoms with Gasteiger partial charge < -0.3 is 15.5 Å². The lowest BCUT2D eigenvalue weighted by Crippen LogP contribution is -2.34. The van der Waals surface area contributed by atoms with Gasteiger partial charge in [0.25, 0.3) is 5.91 Å². The summed E-state index contributed by atoms with van der Waals surface area (Å²) in [7, 11) is 3.90. The maximum atomic E-state index is 12.8. The Hall–Kier alpha value is -1.71. The molecule has 20 heavy (non-hydrogen) atoms. The van der Waals surface area contributed by atoms with Crippen molar-refractivity contribution in [3.05, 3.63) is 23.8 Å². The van der Waals surface area contributed by atoms with Crippen LogP contribution >= 0.6 is 0 Å². The van der Waals surface area contributed by atoms with E-state index >= 15 is 0 Å². The van der Waals surface area contributed by atoms with Gasteiger partial charge in [0.15, 0.2) is 0 Å². The van der Waals surface area contributed by atoms with Crippen molar-refractivity contribution in [2.24, 2.45) is 5.92 Å². The predicted octanol–water partition coefficient (Wildman–Crippen LogP) is 2.60. The van der Waals surface area contributed by atoms with Crippen LogP contribution in [-0.4, -0.2) is 38.0 Å². The number of hydrogen-bond donors (Lipinski definition) is 1. The molecule has 0 spiro atoms. The van der Waals surface area contributed by atoms with Gasteiger partial charge in [-0.25, -0.2) is 0 Å². The zero-order chi connectivity index (χ0) is 14.7. The monoisotopic (exact) mass is 275 g/mol. The largest absolute Gasteiger partial charge is 0.399 e. The van der Waals surface area contributed by atoms with Crippen LogP contribution in [0.2, 0.25) is 0 Å². The Bertz CT molecular complexity index is 481. The molecule has 1 fully saturated rings. The summed E-state index contributed by atoms with van der Waals surface area (Å²) in [5.74, 6) is 0.809. The summed E-state index contributed by atoms with van der Waals surface area (Å²) in [4.78, 5) is 16.8. The fourth-order valence-electron chi connectivity index (χ4n) is 2.44. The number of carbonyl (C=O) groups excluding carboxylic acids is 1. The predicted molar refractivity (Wildman–Crippen MR) is 84.1 cm³/mol. The molecule has 2 N–H and O–H groups in total. The van der Waals surface area contributed by atoms with E-state index in [9.17, 15) is 4.79 Å². The molecule has 4 heteroatoms. The fourth-order valence-corrected chi connectivity index (χ4v) is 2.44. The van der Waals surface area contributed by atoms with Crippen LogP contribution < -0.4 is 10.6 Å². The number of anilines is 2. The molecule has 1 aromatic rings. The molecule has 2 rings (SSSR count). The van der Waals surface area contributed by atoms with E-state index in [1.807, 2.05) is 36.0 Å². The number of carbonyl (C=O) groups is 1. The highest BCUT2D eigenvalue weighted by atomic mass is 16.2. The summed E-state index contributed by atoms with van der Waals surface area (Å²) in [6.07, 6.45) is 3.49. The molecule has 0 saturated heterocycles. The Kier molecular flexibility index (Phi) is 4.53. The third kappa shape index (κ3) is 3.44. The van der Waals surface area contributed by atoms with Gasteiger partial charge in [-0.3, -0.25) is 4.79 Å². The summed E-state index contributed by atoms with van der Waals surface area (Å²) >= 11 is 0. The molecule has 1 aromatic carbocycles. The average molecular weight is 275 g/mol. The zero-order valence-corrected chi connectivity index (χ0v) is 12.7. The summed E-state index contributed by atoms with van der Waals surface area (Å²) in [6.45, 7) is 3.81. The number of hydrogen-bond acceptors (Lipinski definition) is 3. The van der Waals surface area contributed by atoms with Crippen LogP contribution in [0, 0.1) is 5.92 Å². The van der Waals surface area contributed by atoms with E-state index in [1.165, 1.54) is 12.8 Å². The molecular weight excluding hydrogens is 250 g/mol. The topological polar surface area (TPSA) is 49.6 Å². The number of nitrogen functional groups attached to an aromatic ring is 1. The van der Waals surface area contributed by atoms with Gasteiger partial charge in [-0.05, 0) is 43.4 Å². The molecule has 1 aliphatic rings. The van der Waals surface area contributed by atoms with E-state index in [0.717, 1.165) is 25.2 Å². The van der Waals surface area contributed by atoms with Crippen LogP contribution in [0.3, 0.4) is 0 Å². The summed E-state index contributed by atoms with van der Waals surface area (Å²) in [6, 6.07) is 5.56. The Morgan fingerprint density at radius 1 is 1.35 bits per heavy atom. The highest BCUT2D eigenvalue weighted by molar-refractivity contribution is 6.00. The number of amides is 1. The highest BCUT2D eigenvalue weighted by Crippen LogP contribution is 2.31. The molecule has 0 heterocycles. The lowest BCUT2D eigenvalue weighted by molar-refractivity contribution is 0.0748. The van der Waals surface area contributed by atoms with E-state index in [-0.39, 0.29) is 5.91 Å². The summed E-state index contributed by atoms with van der Waals surface area (Å²) in [5, 5.41) is 0. The van der Waals surface area contributed by atoms with Gasteiger partial charge in [0, 0.05) is 38.6 Å². The van der Waals surface area contributed by atoms with E-state index in [2.05, 4.69) is 6.92 Å². The van der Waals surface area contributed by atoms with Crippen molar-refractivity contribution in [3.8, 4) is 0 Å². The van der Waals surface area contributed by atoms with Crippen LogP contribution in [0.1, 0.15) is 36.5 Å². The van der Waals surface area contributed by atoms with Crippen molar-refractivity contribution in [3.63, 3.8) is 0 Å². The van der Waals surface area contributed by atoms with E-state index < -0.39 is 0 Å². The first-order valence-corrected chi connectivity index (χ1v) is 7.39. The Labute approximate surface area is 121 Å². The molecular formula is C16H25N3O. The van der Waals surface area contributed by atoms with Gasteiger partial charge >= 0.3 is 0 Å². The molecule has 0 unspecified atom stereocenters. The Morgan fingerprint density at radius 2 is 2.05 bits per heavy atom. The van der Waals surface area contributed by atoms with Crippen molar-refractivity contribution < 1.29 is 4.79 Å². The molecule has 1 amide bonds. The van der Waals surface area contributed by atoms with Gasteiger partial charge in [0.05, 0.1) is 5.56 Å². The third-order valence-corrected chi connectivity index (χ3v) is 3.69. The molecule has 1 aliphatic carbocycles. The van der Waals surface area contributed by atoms with Crippen LogP contribution in [0.5, 0.6) is 0 Å². The van der Waals surface area contributed by atoms with E-state index in [4.69, 9.17) is 5.73 Å². The van der Waals surface area contributed by atoms with E-state index in [0.29, 0.717) is 17.2 Å². The molecule has 0 aliphatic heterocycles. The minimum absolute atomic E-state index is 0.106. The second-order valence-corrected chi connectivity index (χ2v) is 5.87. The van der Waals surface area contributed by atoms with Crippen LogP contribution in [0.4, 0.5) is 11.4 Å². The quantitative estimate of drug-likeness (QED) is 0.812. The molecule has 0 radical (unpaired) electrons. The lowest BCUT2D eigenvalue weighted by atomic mass is 10.1. The van der Waals surface area contributed by atoms with Crippen molar-refractivity contribution in [1.29, 1.82) is 0 Å². The Morgan fingerprint density at radius 3 is 2.60 bits per heavy atom. The second kappa shape index (κ2) is 6.16. The van der Waals surface area contributed by atoms with Crippen molar-refractivity contribution in [2.75, 3.05) is 37.8 Å². The first-order chi connectivity index (χ1) is 9.52. The number of nitrogens with zero attached hydrogens (tertiary/aromatic N) is 2. The maximum absolute atomic E-state index is 12.8. The highest BCUT2D eigenvalue weighted by Gasteiger charge is 2.28. The molecule has 4 nitrogen and oxygen atoms in total. The van der Waals surface area contributed by atoms with Gasteiger partial charge in [-0.15, -0.1) is 0 Å². The average Bonchev–Trinajstić information content (AvgIpc) is 3.21. The number of rotatable bonds is 6. The Balaban J connectivity index is 2.26. The molecule has 0 atom stereocenters. The van der Waals surface area contributed by atoms with Crippen molar-refractivity contribution in [2.45, 2.75) is 26.2 Å². The molecule has 0 aromatic heterocycles. The van der Waals surface area contributed by atoms with Gasteiger partial charge in [0.2, 0.25) is 0 Å². The second-order valence-electron chi connectivity index (χ2n) is 5.87. The minimum Gasteiger partial charge on any atom is -0.399 e. The summed E-state index contributed by atoms with van der Waals surface area (Å²) in [5.41, 5.74) is 8.15. The van der Waals surface area contributed by atoms with Gasteiger partial charge in [-0.1, -0.05) is 6.92 Å². The molecule has 1 saturated carbocycles. The van der Waals surface area contributed by atoms with Crippen LogP contribution in [-0.2, 0) is 0 Å². The molecule has 0 bridgehead atoms. The van der Waals surface area contributed by atoms with Gasteiger partial charge in [-0.2, -0.15) is 0 Å². The lowest BCUT2D eigenvalue weighted by Gasteiger charge is -2.25. The normalized spacial score (nSPS) is 14.2. The van der Waals surface area contributed by atoms with Gasteiger partial charge in [0.1, 0.15) is 0 Å². The fraction of sp³-hybridized carbons (Fsp3) is 0.562. The SMILES string of the molecule is CCCN(CC1CC1)C(=O)c1cc(N)ccc1N(C)C. The van der Waals surface area contributed by atoms with E-state index in [1.54, 1.807) is 6.07 Å². The standard InChI is InChI=1S/C16H25N3O/c1-4-9-19(11-12-5-6-12)16(20)14-10-13(17)7-8-15(14)18(2)3/h7-8,10,12H,4-6,9,11,17H2,1-3H3. The van der Waals surface area contributed by atoms with Crippen molar-refractivity contribution >= 4 is 17.3 Å². The third-order valence-electron chi connectivity index (χ3n) is 3.69. The minimum atomic E-state index is 0.106. The smallest absolute Gasteiger partial charge is 0.256 e. The number of benzene rings is 1. The zero-order valence-electron chi connectivity index (χ0n) is 12.7. The van der Waals surface area contributed by atoms with Crippen LogP contribution in [0.15, 0.2) is 18.2 Å².